The van der Waals surface area contributed by atoms with Crippen molar-refractivity contribution < 1.29 is 24.5 Å². The van der Waals surface area contributed by atoms with Crippen LogP contribution in [0, 0.1) is 0 Å². The number of unbranched alkanes of at least 4 members (excludes halogenated alkanes) is 46. The fourth-order valence-electron chi connectivity index (χ4n) is 10.2. The number of hydrogen-bond acceptors (Lipinski definition) is 5. The molecule has 0 rings (SSSR count). The van der Waals surface area contributed by atoms with Crippen LogP contribution in [0.2, 0.25) is 0 Å². The van der Waals surface area contributed by atoms with Crippen molar-refractivity contribution in [3.05, 3.63) is 24.3 Å². The predicted molar refractivity (Wildman–Crippen MR) is 315 cm³/mol. The van der Waals surface area contributed by atoms with Crippen LogP contribution >= 0.6 is 0 Å². The minimum Gasteiger partial charge on any atom is -0.466 e. The highest BCUT2D eigenvalue weighted by Gasteiger charge is 2.20. The van der Waals surface area contributed by atoms with Gasteiger partial charge in [-0.1, -0.05) is 295 Å². The molecule has 3 N–H and O–H groups in total. The average molecular weight is 1010 g/mol. The first-order valence-corrected chi connectivity index (χ1v) is 32.6. The molecule has 6 nitrogen and oxygen atoms in total. The summed E-state index contributed by atoms with van der Waals surface area (Å²) in [6.07, 6.45) is 76.2. The van der Waals surface area contributed by atoms with E-state index in [4.69, 9.17) is 4.74 Å². The molecule has 0 aromatic rings. The second kappa shape index (κ2) is 61.9. The van der Waals surface area contributed by atoms with E-state index in [1.54, 1.807) is 0 Å². The van der Waals surface area contributed by atoms with Crippen molar-refractivity contribution in [2.24, 2.45) is 0 Å². The van der Waals surface area contributed by atoms with Crippen LogP contribution in [0.1, 0.15) is 361 Å². The lowest BCUT2D eigenvalue weighted by atomic mass is 10.0. The summed E-state index contributed by atoms with van der Waals surface area (Å²) in [4.78, 5) is 24.6. The van der Waals surface area contributed by atoms with Gasteiger partial charge in [0.15, 0.2) is 0 Å². The van der Waals surface area contributed by atoms with Gasteiger partial charge in [0.1, 0.15) is 0 Å². The Morgan fingerprint density at radius 2 is 0.653 bits per heavy atom. The summed E-state index contributed by atoms with van der Waals surface area (Å²) in [7, 11) is 0. The van der Waals surface area contributed by atoms with Gasteiger partial charge in [-0.3, -0.25) is 9.59 Å². The minimum absolute atomic E-state index is 0.0143. The van der Waals surface area contributed by atoms with Gasteiger partial charge in [-0.2, -0.15) is 0 Å². The van der Waals surface area contributed by atoms with E-state index >= 15 is 0 Å². The Kier molecular flexibility index (Phi) is 60.5. The third kappa shape index (κ3) is 57.6. The number of aliphatic hydroxyl groups excluding tert-OH is 2. The molecule has 0 saturated heterocycles. The number of esters is 1. The summed E-state index contributed by atoms with van der Waals surface area (Å²) in [6, 6.07) is -0.563. The Morgan fingerprint density at radius 3 is 1.00 bits per heavy atom. The summed E-state index contributed by atoms with van der Waals surface area (Å²) in [5.74, 6) is -0.0755. The van der Waals surface area contributed by atoms with Crippen molar-refractivity contribution >= 4 is 11.9 Å². The lowest BCUT2D eigenvalue weighted by molar-refractivity contribution is -0.143. The van der Waals surface area contributed by atoms with Gasteiger partial charge in [-0.05, 0) is 77.0 Å². The summed E-state index contributed by atoms with van der Waals surface area (Å²) in [6.45, 7) is 4.94. The van der Waals surface area contributed by atoms with E-state index in [-0.39, 0.29) is 18.5 Å². The maximum absolute atomic E-state index is 12.5. The van der Waals surface area contributed by atoms with Crippen molar-refractivity contribution in [1.82, 2.24) is 5.32 Å². The second-order valence-corrected chi connectivity index (χ2v) is 22.4. The van der Waals surface area contributed by atoms with Gasteiger partial charge in [0.2, 0.25) is 5.91 Å². The van der Waals surface area contributed by atoms with Gasteiger partial charge in [0.05, 0.1) is 25.4 Å². The lowest BCUT2D eigenvalue weighted by Gasteiger charge is -2.22. The number of rotatable bonds is 61. The molecule has 72 heavy (non-hydrogen) atoms. The molecule has 0 bridgehead atoms. The molecule has 0 fully saturated rings. The molecule has 0 spiro atoms. The Balaban J connectivity index is 3.47. The third-order valence-corrected chi connectivity index (χ3v) is 15.2. The maximum atomic E-state index is 12.5. The van der Waals surface area contributed by atoms with Gasteiger partial charge in [-0.25, -0.2) is 0 Å². The smallest absolute Gasteiger partial charge is 0.305 e. The van der Waals surface area contributed by atoms with Crippen molar-refractivity contribution in [3.63, 3.8) is 0 Å². The van der Waals surface area contributed by atoms with Crippen LogP contribution in [-0.2, 0) is 14.3 Å². The fourth-order valence-corrected chi connectivity index (χ4v) is 10.2. The van der Waals surface area contributed by atoms with Crippen molar-refractivity contribution in [2.75, 3.05) is 13.2 Å². The number of aliphatic hydroxyl groups is 2. The van der Waals surface area contributed by atoms with Crippen molar-refractivity contribution in [1.29, 1.82) is 0 Å². The zero-order valence-corrected chi connectivity index (χ0v) is 48.7. The molecule has 0 aliphatic carbocycles. The summed E-state index contributed by atoms with van der Waals surface area (Å²) < 4.78 is 5.48. The molecule has 0 radical (unpaired) electrons. The van der Waals surface area contributed by atoms with E-state index in [2.05, 4.69) is 43.5 Å². The molecule has 0 heterocycles. The van der Waals surface area contributed by atoms with Crippen LogP contribution in [0.25, 0.3) is 0 Å². The topological polar surface area (TPSA) is 95.9 Å². The first-order valence-electron chi connectivity index (χ1n) is 32.6. The van der Waals surface area contributed by atoms with E-state index in [9.17, 15) is 19.8 Å². The lowest BCUT2D eigenvalue weighted by Crippen LogP contribution is -2.45. The Bertz CT molecular complexity index is 1120. The highest BCUT2D eigenvalue weighted by molar-refractivity contribution is 5.76. The van der Waals surface area contributed by atoms with Gasteiger partial charge < -0.3 is 20.3 Å². The molecular weight excluding hydrogens is 887 g/mol. The predicted octanol–water partition coefficient (Wildman–Crippen LogP) is 20.6. The van der Waals surface area contributed by atoms with Crippen LogP contribution in [0.3, 0.4) is 0 Å². The Hall–Kier alpha value is -1.66. The van der Waals surface area contributed by atoms with Gasteiger partial charge in [-0.15, -0.1) is 0 Å². The highest BCUT2D eigenvalue weighted by atomic mass is 16.5. The first-order chi connectivity index (χ1) is 35.5. The number of carbonyl (C=O) groups is 2. The van der Waals surface area contributed by atoms with E-state index in [0.717, 1.165) is 70.6 Å². The van der Waals surface area contributed by atoms with E-state index in [1.807, 2.05) is 0 Å². The number of amides is 1. The molecule has 2 unspecified atom stereocenters. The quantitative estimate of drug-likeness (QED) is 0.0320. The maximum Gasteiger partial charge on any atom is 0.305 e. The number of ether oxygens (including phenoxy) is 1. The molecule has 0 aliphatic heterocycles. The molecule has 0 aromatic carbocycles. The Morgan fingerprint density at radius 1 is 0.375 bits per heavy atom. The van der Waals surface area contributed by atoms with E-state index in [0.29, 0.717) is 25.9 Å². The average Bonchev–Trinajstić information content (AvgIpc) is 3.38. The van der Waals surface area contributed by atoms with Gasteiger partial charge >= 0.3 is 5.97 Å². The SMILES string of the molecule is CCCCCCCCC/C=C\CCCCCCCCCC(=O)OCCCCCCCC/C=C\CCCCCC(=O)NC(CO)C(O)CCCCCCCCCCCCCCCCCCCCCCCCCC. The zero-order valence-electron chi connectivity index (χ0n) is 48.7. The fraction of sp³-hybridized carbons (Fsp3) is 0.909. The second-order valence-electron chi connectivity index (χ2n) is 22.4. The van der Waals surface area contributed by atoms with Crippen LogP contribution in [0.5, 0.6) is 0 Å². The molecule has 2 atom stereocenters. The van der Waals surface area contributed by atoms with Crippen molar-refractivity contribution in [3.8, 4) is 0 Å². The number of nitrogens with one attached hydrogen (secondary N) is 1. The third-order valence-electron chi connectivity index (χ3n) is 15.2. The largest absolute Gasteiger partial charge is 0.466 e. The molecule has 426 valence electrons. The monoisotopic (exact) mass is 1010 g/mol. The zero-order chi connectivity index (χ0) is 52.2. The van der Waals surface area contributed by atoms with Crippen molar-refractivity contribution in [2.45, 2.75) is 373 Å². The molecule has 6 heteroatoms. The molecular formula is C66H127NO5. The molecule has 1 amide bonds. The highest BCUT2D eigenvalue weighted by Crippen LogP contribution is 2.18. The van der Waals surface area contributed by atoms with Crippen LogP contribution in [0.4, 0.5) is 0 Å². The molecule has 0 saturated carbocycles. The number of allylic oxidation sites excluding steroid dienone is 4. The minimum atomic E-state index is -0.683. The standard InChI is InChI=1S/C66H127NO5/c1-3-5-7-9-11-13-15-17-19-21-23-24-25-26-27-28-29-31-34-38-42-46-50-54-58-64(69)63(62-68)67-65(70)59-55-51-47-43-39-35-33-37-41-45-49-53-57-61-72-66(71)60-56-52-48-44-40-36-32-30-22-20-18-16-14-12-10-8-6-4-2/h20,22,35,39,63-64,68-69H,3-19,21,23-34,36-38,40-62H2,1-2H3,(H,67,70)/b22-20-,39-35-. The molecule has 0 aliphatic rings. The Labute approximate surface area is 450 Å². The number of hydrogen-bond donors (Lipinski definition) is 3. The van der Waals surface area contributed by atoms with Gasteiger partial charge in [0.25, 0.3) is 0 Å². The summed E-state index contributed by atoms with van der Waals surface area (Å²) >= 11 is 0. The van der Waals surface area contributed by atoms with Crippen LogP contribution in [-0.4, -0.2) is 47.4 Å². The summed E-state index contributed by atoms with van der Waals surface area (Å²) in [5.41, 5.74) is 0. The van der Waals surface area contributed by atoms with Gasteiger partial charge in [0, 0.05) is 12.8 Å². The van der Waals surface area contributed by atoms with Crippen LogP contribution < -0.4 is 5.32 Å². The van der Waals surface area contributed by atoms with E-state index < -0.39 is 12.1 Å². The summed E-state index contributed by atoms with van der Waals surface area (Å²) in [5, 5.41) is 23.4. The first kappa shape index (κ1) is 70.3. The number of carbonyl (C=O) groups excluding carboxylic acids is 2. The normalized spacial score (nSPS) is 12.7. The van der Waals surface area contributed by atoms with Crippen LogP contribution in [0.15, 0.2) is 24.3 Å². The van der Waals surface area contributed by atoms with E-state index in [1.165, 1.54) is 257 Å². The molecule has 0 aromatic heterocycles.